The number of benzene rings is 1. The summed E-state index contributed by atoms with van der Waals surface area (Å²) in [7, 11) is 1.12. The van der Waals surface area contributed by atoms with Crippen molar-refractivity contribution in [1.29, 1.82) is 0 Å². The van der Waals surface area contributed by atoms with Gasteiger partial charge >= 0.3 is 12.1 Å². The molecule has 1 aromatic rings. The molecule has 1 unspecified atom stereocenters. The van der Waals surface area contributed by atoms with E-state index in [0.29, 0.717) is 10.6 Å². The fourth-order valence-corrected chi connectivity index (χ4v) is 1.68. The van der Waals surface area contributed by atoms with Gasteiger partial charge in [0, 0.05) is 5.02 Å². The molecule has 106 valence electrons. The van der Waals surface area contributed by atoms with E-state index in [1.807, 2.05) is 0 Å². The van der Waals surface area contributed by atoms with Crippen LogP contribution in [0.5, 0.6) is 0 Å². The van der Waals surface area contributed by atoms with Crippen molar-refractivity contribution in [2.75, 3.05) is 13.7 Å². The summed E-state index contributed by atoms with van der Waals surface area (Å²) >= 11 is 5.71. The van der Waals surface area contributed by atoms with Crippen LogP contribution in [-0.2, 0) is 15.1 Å². The van der Waals surface area contributed by atoms with Crippen LogP contribution in [0.4, 0.5) is 13.2 Å². The summed E-state index contributed by atoms with van der Waals surface area (Å²) in [5.74, 6) is -0.806. The molecule has 0 radical (unpaired) electrons. The second kappa shape index (κ2) is 5.79. The number of carbonyl (C=O) groups is 1. The number of nitrogens with one attached hydrogen (secondary N) is 1. The topological polar surface area (TPSA) is 38.3 Å². The minimum atomic E-state index is -4.43. The van der Waals surface area contributed by atoms with Gasteiger partial charge in [0.1, 0.15) is 5.54 Å². The van der Waals surface area contributed by atoms with Gasteiger partial charge in [-0.05, 0) is 24.6 Å². The minimum Gasteiger partial charge on any atom is -0.467 e. The SMILES string of the molecule is COC(=O)C(C)(NCC(F)(F)F)c1ccc(Cl)cc1. The number of rotatable bonds is 4. The Kier molecular flexibility index (Phi) is 4.81. The molecule has 7 heteroatoms. The first kappa shape index (κ1) is 15.8. The van der Waals surface area contributed by atoms with E-state index in [4.69, 9.17) is 11.6 Å². The van der Waals surface area contributed by atoms with E-state index in [-0.39, 0.29) is 0 Å². The van der Waals surface area contributed by atoms with Gasteiger partial charge < -0.3 is 4.74 Å². The Labute approximate surface area is 113 Å². The number of ether oxygens (including phenoxy) is 1. The summed E-state index contributed by atoms with van der Waals surface area (Å²) in [6.45, 7) is 0.0229. The monoisotopic (exact) mass is 295 g/mol. The van der Waals surface area contributed by atoms with Crippen molar-refractivity contribution in [2.45, 2.75) is 18.6 Å². The molecular formula is C12H13ClF3NO2. The van der Waals surface area contributed by atoms with Crippen molar-refractivity contribution < 1.29 is 22.7 Å². The lowest BCUT2D eigenvalue weighted by molar-refractivity contribution is -0.153. The number of esters is 1. The van der Waals surface area contributed by atoms with Crippen molar-refractivity contribution in [2.24, 2.45) is 0 Å². The lowest BCUT2D eigenvalue weighted by Crippen LogP contribution is -2.50. The molecule has 0 aliphatic carbocycles. The lowest BCUT2D eigenvalue weighted by Gasteiger charge is -2.29. The summed E-state index contributed by atoms with van der Waals surface area (Å²) < 4.78 is 41.5. The number of hydrogen-bond acceptors (Lipinski definition) is 3. The highest BCUT2D eigenvalue weighted by molar-refractivity contribution is 6.30. The molecule has 0 saturated carbocycles. The molecule has 0 aliphatic heterocycles. The Hall–Kier alpha value is -1.27. The summed E-state index contributed by atoms with van der Waals surface area (Å²) in [5, 5.41) is 2.60. The number of hydrogen-bond donors (Lipinski definition) is 1. The molecule has 1 N–H and O–H groups in total. The zero-order valence-corrected chi connectivity index (χ0v) is 11.1. The van der Waals surface area contributed by atoms with Crippen LogP contribution in [0.15, 0.2) is 24.3 Å². The highest BCUT2D eigenvalue weighted by Crippen LogP contribution is 2.25. The Morgan fingerprint density at radius 2 is 1.84 bits per heavy atom. The van der Waals surface area contributed by atoms with Crippen LogP contribution in [0, 0.1) is 0 Å². The van der Waals surface area contributed by atoms with E-state index in [1.54, 1.807) is 0 Å². The Morgan fingerprint density at radius 3 is 2.26 bits per heavy atom. The van der Waals surface area contributed by atoms with Gasteiger partial charge in [0.25, 0.3) is 0 Å². The van der Waals surface area contributed by atoms with Crippen LogP contribution in [0.3, 0.4) is 0 Å². The van der Waals surface area contributed by atoms with Gasteiger partial charge in [-0.25, -0.2) is 4.79 Å². The van der Waals surface area contributed by atoms with E-state index >= 15 is 0 Å². The van der Waals surface area contributed by atoms with Crippen molar-refractivity contribution in [3.05, 3.63) is 34.9 Å². The highest BCUT2D eigenvalue weighted by Gasteiger charge is 2.40. The summed E-state index contributed by atoms with van der Waals surface area (Å²) in [5.41, 5.74) is -1.25. The third-order valence-corrected chi connectivity index (χ3v) is 2.91. The number of carbonyl (C=O) groups excluding carboxylic acids is 1. The molecule has 0 amide bonds. The first-order valence-electron chi connectivity index (χ1n) is 5.35. The number of methoxy groups -OCH3 is 1. The standard InChI is InChI=1S/C12H13ClF3NO2/c1-11(10(18)19-2,17-7-12(14,15)16)8-3-5-9(13)6-4-8/h3-6,17H,7H2,1-2H3. The zero-order chi connectivity index (χ0) is 14.7. The molecule has 0 aromatic heterocycles. The van der Waals surface area contributed by atoms with Crippen LogP contribution >= 0.6 is 11.6 Å². The van der Waals surface area contributed by atoms with Crippen molar-refractivity contribution in [1.82, 2.24) is 5.32 Å². The maximum absolute atomic E-state index is 12.3. The number of alkyl halides is 3. The first-order valence-corrected chi connectivity index (χ1v) is 5.73. The molecule has 0 spiro atoms. The van der Waals surface area contributed by atoms with E-state index < -0.39 is 24.2 Å². The largest absolute Gasteiger partial charge is 0.467 e. The molecule has 0 heterocycles. The van der Waals surface area contributed by atoms with Crippen LogP contribution in [0.1, 0.15) is 12.5 Å². The second-order valence-corrected chi connectivity index (χ2v) is 4.53. The first-order chi connectivity index (χ1) is 8.69. The minimum absolute atomic E-state index is 0.341. The smallest absolute Gasteiger partial charge is 0.401 e. The van der Waals surface area contributed by atoms with E-state index in [0.717, 1.165) is 7.11 Å². The lowest BCUT2D eigenvalue weighted by atomic mass is 9.92. The van der Waals surface area contributed by atoms with Crippen molar-refractivity contribution >= 4 is 17.6 Å². The molecule has 0 saturated heterocycles. The molecule has 0 aliphatic rings. The average Bonchev–Trinajstić information content (AvgIpc) is 2.35. The third-order valence-electron chi connectivity index (χ3n) is 2.66. The predicted octanol–water partition coefficient (Wildman–Crippen LogP) is 2.88. The molecule has 1 atom stereocenters. The van der Waals surface area contributed by atoms with E-state index in [9.17, 15) is 18.0 Å². The maximum Gasteiger partial charge on any atom is 0.401 e. The molecule has 1 rings (SSSR count). The van der Waals surface area contributed by atoms with Gasteiger partial charge in [-0.1, -0.05) is 23.7 Å². The van der Waals surface area contributed by atoms with Crippen LogP contribution < -0.4 is 5.32 Å². The summed E-state index contributed by atoms with van der Waals surface area (Å²) in [4.78, 5) is 11.8. The normalized spacial score (nSPS) is 14.8. The fraction of sp³-hybridized carbons (Fsp3) is 0.417. The van der Waals surface area contributed by atoms with Gasteiger partial charge in [-0.15, -0.1) is 0 Å². The van der Waals surface area contributed by atoms with E-state index in [1.165, 1.54) is 31.2 Å². The molecular weight excluding hydrogens is 283 g/mol. The molecule has 3 nitrogen and oxygen atoms in total. The Bertz CT molecular complexity index is 447. The van der Waals surface area contributed by atoms with Gasteiger partial charge in [0.15, 0.2) is 0 Å². The maximum atomic E-state index is 12.3. The van der Waals surface area contributed by atoms with Crippen LogP contribution in [0.2, 0.25) is 5.02 Å². The predicted molar refractivity (Wildman–Crippen MR) is 64.9 cm³/mol. The van der Waals surface area contributed by atoms with Gasteiger partial charge in [-0.2, -0.15) is 13.2 Å². The Balaban J connectivity index is 3.06. The molecule has 19 heavy (non-hydrogen) atoms. The van der Waals surface area contributed by atoms with E-state index in [2.05, 4.69) is 10.1 Å². The summed E-state index contributed by atoms with van der Waals surface area (Å²) in [6, 6.07) is 5.94. The molecule has 0 bridgehead atoms. The fourth-order valence-electron chi connectivity index (χ4n) is 1.56. The molecule has 0 fully saturated rings. The van der Waals surface area contributed by atoms with Crippen LogP contribution in [-0.4, -0.2) is 25.8 Å². The van der Waals surface area contributed by atoms with Gasteiger partial charge in [-0.3, -0.25) is 5.32 Å². The van der Waals surface area contributed by atoms with Gasteiger partial charge in [0.2, 0.25) is 0 Å². The number of halogens is 4. The second-order valence-electron chi connectivity index (χ2n) is 4.09. The Morgan fingerprint density at radius 1 is 1.32 bits per heavy atom. The quantitative estimate of drug-likeness (QED) is 0.868. The third kappa shape index (κ3) is 4.11. The van der Waals surface area contributed by atoms with Gasteiger partial charge in [0.05, 0.1) is 13.7 Å². The summed E-state index contributed by atoms with van der Waals surface area (Å²) in [6.07, 6.45) is -4.43. The highest BCUT2D eigenvalue weighted by atomic mass is 35.5. The van der Waals surface area contributed by atoms with Crippen molar-refractivity contribution in [3.63, 3.8) is 0 Å². The molecule has 1 aromatic carbocycles. The van der Waals surface area contributed by atoms with Crippen LogP contribution in [0.25, 0.3) is 0 Å². The average molecular weight is 296 g/mol. The zero-order valence-electron chi connectivity index (χ0n) is 10.3. The van der Waals surface area contributed by atoms with Crippen molar-refractivity contribution in [3.8, 4) is 0 Å².